The molecule has 10 nitrogen and oxygen atoms in total. The molecule has 0 atom stereocenters. The summed E-state index contributed by atoms with van der Waals surface area (Å²) in [7, 11) is -3.86. The fourth-order valence-corrected chi connectivity index (χ4v) is 4.74. The Kier molecular flexibility index (Phi) is 7.38. The number of nitrogens with one attached hydrogen (secondary N) is 3. The second-order valence-electron chi connectivity index (χ2n) is 6.62. The van der Waals surface area contributed by atoms with Crippen LogP contribution in [0.5, 0.6) is 0 Å². The number of sulfonamides is 1. The molecule has 3 rings (SSSR count). The van der Waals surface area contributed by atoms with Crippen LogP contribution < -0.4 is 21.1 Å². The van der Waals surface area contributed by atoms with Crippen molar-refractivity contribution in [2.24, 2.45) is 0 Å². The van der Waals surface area contributed by atoms with E-state index in [4.69, 9.17) is 0 Å². The number of aromatic nitrogens is 2. The Morgan fingerprint density at radius 1 is 1.03 bits per heavy atom. The summed E-state index contributed by atoms with van der Waals surface area (Å²) >= 11 is 1.04. The van der Waals surface area contributed by atoms with Gasteiger partial charge in [-0.1, -0.05) is 31.5 Å². The molecule has 0 fully saturated rings. The lowest BCUT2D eigenvalue weighted by Gasteiger charge is -2.12. The van der Waals surface area contributed by atoms with Crippen molar-refractivity contribution in [2.75, 3.05) is 4.72 Å². The molecule has 0 saturated heterocycles. The van der Waals surface area contributed by atoms with Crippen molar-refractivity contribution in [2.45, 2.75) is 30.5 Å². The third kappa shape index (κ3) is 5.59. The lowest BCUT2D eigenvalue weighted by atomic mass is 10.2. The van der Waals surface area contributed by atoms with Crippen molar-refractivity contribution in [1.29, 1.82) is 0 Å². The highest BCUT2D eigenvalue weighted by Gasteiger charge is 2.20. The highest BCUT2D eigenvalue weighted by molar-refractivity contribution is 7.94. The third-order valence-corrected chi connectivity index (χ3v) is 7.05. The first kappa shape index (κ1) is 23.2. The molecule has 0 aliphatic heterocycles. The molecular formula is C20H21N5O5S2. The lowest BCUT2D eigenvalue weighted by molar-refractivity contribution is 0.0843. The number of hydrogen-bond acceptors (Lipinski definition) is 7. The van der Waals surface area contributed by atoms with E-state index >= 15 is 0 Å². The van der Waals surface area contributed by atoms with Gasteiger partial charge >= 0.3 is 0 Å². The Morgan fingerprint density at radius 3 is 2.50 bits per heavy atom. The molecule has 0 bridgehead atoms. The second-order valence-corrected chi connectivity index (χ2v) is 9.48. The summed E-state index contributed by atoms with van der Waals surface area (Å²) in [6.07, 6.45) is 1.59. The molecule has 2 amide bonds. The standard InChI is InChI=1S/C20H21N5O5S2/c1-2-3-12-25-17(26)11-10-16(23-25)20(28)22-21-19(27)14-7-4-5-8-15(14)24-32(29,30)18-9-6-13-31-18/h4-11,13,24H,2-3,12H2,1H3,(H,21,27)(H,22,28). The number of thiophene rings is 1. The van der Waals surface area contributed by atoms with E-state index in [0.29, 0.717) is 6.54 Å². The normalized spacial score (nSPS) is 11.0. The number of hydrogen-bond donors (Lipinski definition) is 3. The smallest absolute Gasteiger partial charge is 0.278 e. The van der Waals surface area contributed by atoms with Crippen molar-refractivity contribution in [1.82, 2.24) is 20.6 Å². The molecule has 0 aliphatic rings. The fraction of sp³-hybridized carbons (Fsp3) is 0.200. The van der Waals surface area contributed by atoms with Gasteiger partial charge in [-0.15, -0.1) is 11.3 Å². The molecule has 3 N–H and O–H groups in total. The molecule has 12 heteroatoms. The molecule has 0 spiro atoms. The molecule has 2 aromatic heterocycles. The lowest BCUT2D eigenvalue weighted by Crippen LogP contribution is -2.42. The Labute approximate surface area is 188 Å². The summed E-state index contributed by atoms with van der Waals surface area (Å²) in [4.78, 5) is 36.8. The molecule has 168 valence electrons. The molecule has 32 heavy (non-hydrogen) atoms. The van der Waals surface area contributed by atoms with Gasteiger partial charge in [0.05, 0.1) is 11.3 Å². The van der Waals surface area contributed by atoms with E-state index in [1.54, 1.807) is 23.6 Å². The van der Waals surface area contributed by atoms with Gasteiger partial charge in [-0.25, -0.2) is 13.1 Å². The van der Waals surface area contributed by atoms with Crippen LogP contribution in [-0.4, -0.2) is 30.0 Å². The number of benzene rings is 1. The summed E-state index contributed by atoms with van der Waals surface area (Å²) in [5.41, 5.74) is 4.15. The Morgan fingerprint density at radius 2 is 1.78 bits per heavy atom. The van der Waals surface area contributed by atoms with Gasteiger partial charge in [0.15, 0.2) is 5.69 Å². The van der Waals surface area contributed by atoms with Crippen LogP contribution in [0.4, 0.5) is 5.69 Å². The predicted octanol–water partition coefficient (Wildman–Crippen LogP) is 1.98. The minimum absolute atomic E-state index is 0.00815. The monoisotopic (exact) mass is 475 g/mol. The fourth-order valence-electron chi connectivity index (χ4n) is 2.66. The molecule has 0 saturated carbocycles. The van der Waals surface area contributed by atoms with Crippen LogP contribution >= 0.6 is 11.3 Å². The average Bonchev–Trinajstić information content (AvgIpc) is 3.33. The highest BCUT2D eigenvalue weighted by Crippen LogP contribution is 2.22. The van der Waals surface area contributed by atoms with Crippen molar-refractivity contribution in [3.05, 3.63) is 75.5 Å². The number of hydrazine groups is 1. The number of carbonyl (C=O) groups is 2. The minimum atomic E-state index is -3.86. The topological polar surface area (TPSA) is 139 Å². The van der Waals surface area contributed by atoms with Gasteiger partial charge in [0.25, 0.3) is 27.4 Å². The van der Waals surface area contributed by atoms with Crippen LogP contribution in [0.2, 0.25) is 0 Å². The average molecular weight is 476 g/mol. The van der Waals surface area contributed by atoms with Gasteiger partial charge in [-0.05, 0) is 36.1 Å². The Hall–Kier alpha value is -3.51. The van der Waals surface area contributed by atoms with Gasteiger partial charge in [0.1, 0.15) is 4.21 Å². The number of para-hydroxylation sites is 1. The summed E-state index contributed by atoms with van der Waals surface area (Å²) < 4.78 is 28.6. The van der Waals surface area contributed by atoms with E-state index in [9.17, 15) is 22.8 Å². The zero-order chi connectivity index (χ0) is 23.1. The van der Waals surface area contributed by atoms with Gasteiger partial charge in [0, 0.05) is 12.6 Å². The molecule has 0 unspecified atom stereocenters. The second kappa shape index (κ2) is 10.2. The van der Waals surface area contributed by atoms with Crippen LogP contribution in [0.25, 0.3) is 0 Å². The van der Waals surface area contributed by atoms with Gasteiger partial charge < -0.3 is 0 Å². The largest absolute Gasteiger partial charge is 0.290 e. The first-order chi connectivity index (χ1) is 15.3. The van der Waals surface area contributed by atoms with Gasteiger partial charge in [0.2, 0.25) is 0 Å². The van der Waals surface area contributed by atoms with E-state index < -0.39 is 21.8 Å². The number of rotatable bonds is 8. The highest BCUT2D eigenvalue weighted by atomic mass is 32.2. The summed E-state index contributed by atoms with van der Waals surface area (Å²) in [6.45, 7) is 2.34. The van der Waals surface area contributed by atoms with E-state index in [1.165, 1.54) is 35.0 Å². The quantitative estimate of drug-likeness (QED) is 0.426. The first-order valence-electron chi connectivity index (χ1n) is 9.66. The number of nitrogens with zero attached hydrogens (tertiary/aromatic N) is 2. The predicted molar refractivity (Wildman–Crippen MR) is 120 cm³/mol. The number of amides is 2. The molecule has 2 heterocycles. The van der Waals surface area contributed by atoms with E-state index in [-0.39, 0.29) is 26.7 Å². The van der Waals surface area contributed by atoms with Crippen LogP contribution in [0.3, 0.4) is 0 Å². The Balaban J connectivity index is 1.71. The van der Waals surface area contributed by atoms with E-state index in [0.717, 1.165) is 24.2 Å². The van der Waals surface area contributed by atoms with E-state index in [1.807, 2.05) is 6.92 Å². The molecule has 3 aromatic rings. The van der Waals surface area contributed by atoms with Crippen molar-refractivity contribution in [3.8, 4) is 0 Å². The zero-order valence-electron chi connectivity index (χ0n) is 17.1. The maximum Gasteiger partial charge on any atom is 0.290 e. The number of anilines is 1. The summed E-state index contributed by atoms with van der Waals surface area (Å²) in [6, 6.07) is 11.5. The van der Waals surface area contributed by atoms with Crippen molar-refractivity contribution in [3.63, 3.8) is 0 Å². The molecule has 0 radical (unpaired) electrons. The van der Waals surface area contributed by atoms with Crippen LogP contribution in [0.15, 0.2) is 62.9 Å². The third-order valence-electron chi connectivity index (χ3n) is 4.29. The Bertz CT molecular complexity index is 1270. The minimum Gasteiger partial charge on any atom is -0.278 e. The number of carbonyl (C=O) groups excluding carboxylic acids is 2. The van der Waals surface area contributed by atoms with E-state index in [2.05, 4.69) is 20.7 Å². The molecular weight excluding hydrogens is 454 g/mol. The van der Waals surface area contributed by atoms with Crippen LogP contribution in [0, 0.1) is 0 Å². The first-order valence-corrected chi connectivity index (χ1v) is 12.0. The van der Waals surface area contributed by atoms with Crippen LogP contribution in [0.1, 0.15) is 40.6 Å². The maximum absolute atomic E-state index is 12.6. The SMILES string of the molecule is CCCCn1nc(C(=O)NNC(=O)c2ccccc2NS(=O)(=O)c2cccs2)ccc1=O. The number of unbranched alkanes of at least 4 members (excludes halogenated alkanes) is 1. The molecule has 1 aromatic carbocycles. The molecule has 0 aliphatic carbocycles. The zero-order valence-corrected chi connectivity index (χ0v) is 18.7. The van der Waals surface area contributed by atoms with Gasteiger partial charge in [-0.3, -0.25) is 30.0 Å². The van der Waals surface area contributed by atoms with Crippen LogP contribution in [-0.2, 0) is 16.6 Å². The van der Waals surface area contributed by atoms with Crippen molar-refractivity contribution < 1.29 is 18.0 Å². The van der Waals surface area contributed by atoms with Crippen molar-refractivity contribution >= 4 is 38.9 Å². The maximum atomic E-state index is 12.6. The summed E-state index contributed by atoms with van der Waals surface area (Å²) in [5, 5.41) is 5.63. The number of aryl methyl sites for hydroxylation is 1. The van der Waals surface area contributed by atoms with Gasteiger partial charge in [-0.2, -0.15) is 5.10 Å². The summed E-state index contributed by atoms with van der Waals surface area (Å²) in [5.74, 6) is -1.46.